The van der Waals surface area contributed by atoms with Gasteiger partial charge in [0.25, 0.3) is 0 Å². The number of hydrogen-bond donors (Lipinski definition) is 1. The maximum Gasteiger partial charge on any atom is 0.463 e. The van der Waals surface area contributed by atoms with E-state index in [1.807, 2.05) is 0 Å². The minimum atomic E-state index is -6.06. The summed E-state index contributed by atoms with van der Waals surface area (Å²) in [6.07, 6.45) is -5.39. The Balaban J connectivity index is 2.48. The molecular formula is C15H13ClF5NO2. The van der Waals surface area contributed by atoms with Gasteiger partial charge in [-0.25, -0.2) is 0 Å². The highest BCUT2D eigenvalue weighted by Crippen LogP contribution is 2.41. The fourth-order valence-electron chi connectivity index (χ4n) is 2.72. The Morgan fingerprint density at radius 1 is 1.12 bits per heavy atom. The number of rotatable bonds is 3. The van der Waals surface area contributed by atoms with Gasteiger partial charge in [-0.2, -0.15) is 22.0 Å². The fourth-order valence-corrected chi connectivity index (χ4v) is 3.02. The number of halogens is 6. The van der Waals surface area contributed by atoms with E-state index in [0.29, 0.717) is 12.8 Å². The summed E-state index contributed by atoms with van der Waals surface area (Å²) in [5.41, 5.74) is -1.97. The summed E-state index contributed by atoms with van der Waals surface area (Å²) in [4.78, 5) is 24.0. The normalized spacial score (nSPS) is 22.3. The molecule has 1 aliphatic rings. The lowest BCUT2D eigenvalue weighted by molar-refractivity contribution is -0.270. The third-order valence-electron chi connectivity index (χ3n) is 3.98. The van der Waals surface area contributed by atoms with Crippen molar-refractivity contribution in [1.82, 2.24) is 5.32 Å². The molecule has 24 heavy (non-hydrogen) atoms. The van der Waals surface area contributed by atoms with Gasteiger partial charge < -0.3 is 5.32 Å². The quantitative estimate of drug-likeness (QED) is 0.819. The number of alkyl halides is 5. The van der Waals surface area contributed by atoms with Crippen LogP contribution < -0.4 is 5.32 Å². The van der Waals surface area contributed by atoms with Crippen LogP contribution in [0.25, 0.3) is 0 Å². The Bertz CT molecular complexity index is 662. The lowest BCUT2D eigenvalue weighted by Crippen LogP contribution is -2.60. The Morgan fingerprint density at radius 3 is 2.29 bits per heavy atom. The Morgan fingerprint density at radius 2 is 1.75 bits per heavy atom. The topological polar surface area (TPSA) is 46.2 Å². The van der Waals surface area contributed by atoms with E-state index in [9.17, 15) is 31.5 Å². The van der Waals surface area contributed by atoms with Crippen LogP contribution in [0.1, 0.15) is 31.2 Å². The molecule has 1 aromatic carbocycles. The van der Waals surface area contributed by atoms with Crippen LogP contribution in [0.5, 0.6) is 0 Å². The van der Waals surface area contributed by atoms with Crippen molar-refractivity contribution >= 4 is 23.3 Å². The second-order valence-corrected chi connectivity index (χ2v) is 5.95. The second kappa shape index (κ2) is 6.31. The van der Waals surface area contributed by atoms with Crippen LogP contribution >= 0.6 is 11.6 Å². The highest BCUT2D eigenvalue weighted by atomic mass is 35.5. The van der Waals surface area contributed by atoms with Gasteiger partial charge in [0, 0.05) is 17.0 Å². The molecule has 1 fully saturated rings. The first-order valence-corrected chi connectivity index (χ1v) is 7.45. The Labute approximate surface area is 139 Å². The largest absolute Gasteiger partial charge is 0.463 e. The maximum absolute atomic E-state index is 13.3. The number of carbonyl (C=O) groups is 2. The van der Waals surface area contributed by atoms with Crippen molar-refractivity contribution in [1.29, 1.82) is 0 Å². The number of ketones is 1. The fraction of sp³-hybridized carbons (Fsp3) is 0.467. The van der Waals surface area contributed by atoms with E-state index in [2.05, 4.69) is 0 Å². The third-order valence-corrected chi connectivity index (χ3v) is 4.31. The molecule has 0 aliphatic heterocycles. The van der Waals surface area contributed by atoms with Gasteiger partial charge >= 0.3 is 18.0 Å². The Kier molecular flexibility index (Phi) is 4.90. The Hall–Kier alpha value is -1.70. The van der Waals surface area contributed by atoms with Crippen LogP contribution in [0, 0.1) is 0 Å². The molecule has 0 aromatic heterocycles. The van der Waals surface area contributed by atoms with Crippen LogP contribution in [-0.4, -0.2) is 23.8 Å². The number of hydrogen-bond acceptors (Lipinski definition) is 2. The summed E-state index contributed by atoms with van der Waals surface area (Å²) in [6.45, 7) is 0. The average Bonchev–Trinajstić information content (AvgIpc) is 2.49. The first-order valence-electron chi connectivity index (χ1n) is 7.08. The van der Waals surface area contributed by atoms with Crippen molar-refractivity contribution in [3.63, 3.8) is 0 Å². The summed E-state index contributed by atoms with van der Waals surface area (Å²) in [5.74, 6) is -8.82. The molecule has 0 radical (unpaired) electrons. The molecule has 1 aromatic rings. The number of carbonyl (C=O) groups excluding carboxylic acids is 2. The molecule has 1 amide bonds. The molecule has 1 saturated carbocycles. The van der Waals surface area contributed by atoms with Crippen molar-refractivity contribution in [2.75, 3.05) is 0 Å². The summed E-state index contributed by atoms with van der Waals surface area (Å²) in [5, 5.41) is 1.65. The lowest BCUT2D eigenvalue weighted by atomic mass is 9.75. The first-order chi connectivity index (χ1) is 11.0. The molecule has 1 unspecified atom stereocenters. The van der Waals surface area contributed by atoms with E-state index in [1.54, 1.807) is 5.32 Å². The molecule has 1 aliphatic carbocycles. The summed E-state index contributed by atoms with van der Waals surface area (Å²) >= 11 is 5.99. The van der Waals surface area contributed by atoms with E-state index < -0.39 is 29.3 Å². The van der Waals surface area contributed by atoms with Gasteiger partial charge in [-0.05, 0) is 25.3 Å². The van der Waals surface area contributed by atoms with Crippen LogP contribution in [0.4, 0.5) is 22.0 Å². The zero-order chi connectivity index (χ0) is 18.2. The number of amides is 1. The minimum Gasteiger partial charge on any atom is -0.334 e. The van der Waals surface area contributed by atoms with Crippen molar-refractivity contribution in [3.8, 4) is 0 Å². The third kappa shape index (κ3) is 3.11. The van der Waals surface area contributed by atoms with Crippen LogP contribution in [0.2, 0.25) is 5.02 Å². The molecule has 2 rings (SSSR count). The predicted octanol–water partition coefficient (Wildman–Crippen LogP) is 3.99. The van der Waals surface area contributed by atoms with E-state index in [-0.39, 0.29) is 23.4 Å². The molecule has 9 heteroatoms. The molecule has 0 heterocycles. The molecule has 3 nitrogen and oxygen atoms in total. The van der Waals surface area contributed by atoms with Crippen molar-refractivity contribution in [3.05, 3.63) is 34.9 Å². The lowest BCUT2D eigenvalue weighted by Gasteiger charge is -2.38. The molecule has 0 saturated heterocycles. The van der Waals surface area contributed by atoms with Gasteiger partial charge in [0.15, 0.2) is 5.78 Å². The molecule has 132 valence electrons. The number of benzene rings is 1. The summed E-state index contributed by atoms with van der Waals surface area (Å²) in [6, 6.07) is 5.67. The van der Waals surface area contributed by atoms with Crippen LogP contribution in [-0.2, 0) is 15.1 Å². The van der Waals surface area contributed by atoms with E-state index in [4.69, 9.17) is 11.6 Å². The SMILES string of the molecule is O=C1CCCCC1(NC(=O)C(F)(F)C(F)(F)F)c1ccccc1Cl. The smallest absolute Gasteiger partial charge is 0.334 e. The van der Waals surface area contributed by atoms with Crippen molar-refractivity contribution in [2.45, 2.75) is 43.3 Å². The van der Waals surface area contributed by atoms with Crippen LogP contribution in [0.15, 0.2) is 24.3 Å². The molecule has 1 atom stereocenters. The first kappa shape index (κ1) is 18.6. The highest BCUT2D eigenvalue weighted by molar-refractivity contribution is 6.31. The predicted molar refractivity (Wildman–Crippen MR) is 75.7 cm³/mol. The zero-order valence-electron chi connectivity index (χ0n) is 12.2. The average molecular weight is 370 g/mol. The van der Waals surface area contributed by atoms with Gasteiger partial charge in [-0.3, -0.25) is 9.59 Å². The van der Waals surface area contributed by atoms with Crippen LogP contribution in [0.3, 0.4) is 0 Å². The standard InChI is InChI=1S/C15H13ClF5NO2/c16-10-6-2-1-5-9(10)13(8-4-3-7-11(13)23)22-12(24)14(17,18)15(19,20)21/h1-2,5-6H,3-4,7-8H2,(H,22,24). The van der Waals surface area contributed by atoms with Gasteiger partial charge in [-0.1, -0.05) is 29.8 Å². The van der Waals surface area contributed by atoms with Gasteiger partial charge in [0.1, 0.15) is 5.54 Å². The van der Waals surface area contributed by atoms with Gasteiger partial charge in [0.05, 0.1) is 0 Å². The monoisotopic (exact) mass is 369 g/mol. The number of Topliss-reactive ketones (excluding diaryl/α,β-unsaturated/α-hetero) is 1. The molecule has 0 spiro atoms. The zero-order valence-corrected chi connectivity index (χ0v) is 13.0. The van der Waals surface area contributed by atoms with Gasteiger partial charge in [0.2, 0.25) is 0 Å². The van der Waals surface area contributed by atoms with Crippen molar-refractivity contribution in [2.24, 2.45) is 0 Å². The number of nitrogens with one attached hydrogen (secondary N) is 1. The maximum atomic E-state index is 13.3. The second-order valence-electron chi connectivity index (χ2n) is 5.54. The molecular weight excluding hydrogens is 357 g/mol. The van der Waals surface area contributed by atoms with E-state index >= 15 is 0 Å². The summed E-state index contributed by atoms with van der Waals surface area (Å²) < 4.78 is 63.9. The molecule has 1 N–H and O–H groups in total. The van der Waals surface area contributed by atoms with Gasteiger partial charge in [-0.15, -0.1) is 0 Å². The highest BCUT2D eigenvalue weighted by Gasteiger charge is 2.65. The minimum absolute atomic E-state index is 0.00313. The molecule has 0 bridgehead atoms. The van der Waals surface area contributed by atoms with E-state index in [0.717, 1.165) is 0 Å². The van der Waals surface area contributed by atoms with Crippen molar-refractivity contribution < 1.29 is 31.5 Å². The van der Waals surface area contributed by atoms with E-state index in [1.165, 1.54) is 24.3 Å². The summed E-state index contributed by atoms with van der Waals surface area (Å²) in [7, 11) is 0.